The summed E-state index contributed by atoms with van der Waals surface area (Å²) < 4.78 is 6.36. The first-order chi connectivity index (χ1) is 27.3. The van der Waals surface area contributed by atoms with Crippen LogP contribution in [0.5, 0.6) is 0 Å². The van der Waals surface area contributed by atoms with Crippen LogP contribution < -0.4 is 9.80 Å². The van der Waals surface area contributed by atoms with Crippen LogP contribution in [0.25, 0.3) is 55.0 Å². The number of nitrogens with zero attached hydrogens (tertiary/aromatic N) is 2. The molecule has 0 aliphatic carbocycles. The standard InChI is InChI=1S/C52H36N2O/c1-4-15-37(16-5-1)38-27-31-42(32-28-38)53(40-17-6-2-7-18-40)43-33-29-39(30-34-43)44-35-36-48(46-22-11-10-21-45(44)46)54(41-19-8-3-9-20-41)49-24-14-26-51-52(49)47-23-12-13-25-50(47)55-51/h1-36H. The Labute approximate surface area is 320 Å². The number of hydrogen-bond acceptors (Lipinski definition) is 3. The second-order valence-electron chi connectivity index (χ2n) is 13.7. The Bertz CT molecular complexity index is 2900. The zero-order chi connectivity index (χ0) is 36.6. The molecule has 1 aromatic heterocycles. The van der Waals surface area contributed by atoms with Crippen molar-refractivity contribution in [3.05, 3.63) is 218 Å². The van der Waals surface area contributed by atoms with Crippen molar-refractivity contribution in [2.75, 3.05) is 9.80 Å². The average molecular weight is 705 g/mol. The topological polar surface area (TPSA) is 19.6 Å². The molecule has 0 bridgehead atoms. The van der Waals surface area contributed by atoms with Gasteiger partial charge in [0.05, 0.1) is 16.8 Å². The second kappa shape index (κ2) is 13.9. The Morgan fingerprint density at radius 1 is 0.273 bits per heavy atom. The lowest BCUT2D eigenvalue weighted by molar-refractivity contribution is 0.669. The Morgan fingerprint density at radius 3 is 1.44 bits per heavy atom. The molecule has 0 N–H and O–H groups in total. The largest absolute Gasteiger partial charge is 0.456 e. The van der Waals surface area contributed by atoms with Gasteiger partial charge in [0, 0.05) is 33.5 Å². The predicted octanol–water partition coefficient (Wildman–Crippen LogP) is 15.0. The molecule has 1 heterocycles. The van der Waals surface area contributed by atoms with Gasteiger partial charge in [-0.25, -0.2) is 0 Å². The number of benzene rings is 9. The molecule has 0 aliphatic heterocycles. The highest BCUT2D eigenvalue weighted by molar-refractivity contribution is 6.15. The van der Waals surface area contributed by atoms with Crippen LogP contribution in [0, 0.1) is 0 Å². The second-order valence-corrected chi connectivity index (χ2v) is 13.7. The molecule has 9 aromatic carbocycles. The number of furan rings is 1. The third-order valence-corrected chi connectivity index (χ3v) is 10.5. The van der Waals surface area contributed by atoms with E-state index in [9.17, 15) is 0 Å². The summed E-state index contributed by atoms with van der Waals surface area (Å²) in [5.74, 6) is 0. The van der Waals surface area contributed by atoms with Crippen molar-refractivity contribution in [1.82, 2.24) is 0 Å². The molecule has 10 aromatic rings. The molecule has 0 atom stereocenters. The summed E-state index contributed by atoms with van der Waals surface area (Å²) >= 11 is 0. The van der Waals surface area contributed by atoms with Gasteiger partial charge in [0.25, 0.3) is 0 Å². The van der Waals surface area contributed by atoms with Gasteiger partial charge in [-0.2, -0.15) is 0 Å². The highest BCUT2D eigenvalue weighted by atomic mass is 16.3. The third-order valence-electron chi connectivity index (χ3n) is 10.5. The summed E-state index contributed by atoms with van der Waals surface area (Å²) in [5.41, 5.74) is 13.1. The summed E-state index contributed by atoms with van der Waals surface area (Å²) in [6.45, 7) is 0. The van der Waals surface area contributed by atoms with Crippen LogP contribution in [-0.4, -0.2) is 0 Å². The Kier molecular flexibility index (Phi) is 8.16. The van der Waals surface area contributed by atoms with Crippen molar-refractivity contribution >= 4 is 66.8 Å². The van der Waals surface area contributed by atoms with E-state index in [2.05, 4.69) is 216 Å². The van der Waals surface area contributed by atoms with Crippen LogP contribution in [0.1, 0.15) is 0 Å². The molecule has 55 heavy (non-hydrogen) atoms. The lowest BCUT2D eigenvalue weighted by atomic mass is 9.95. The van der Waals surface area contributed by atoms with Crippen LogP contribution in [0.2, 0.25) is 0 Å². The molecular weight excluding hydrogens is 669 g/mol. The summed E-state index contributed by atoms with van der Waals surface area (Å²) in [7, 11) is 0. The van der Waals surface area contributed by atoms with Crippen LogP contribution >= 0.6 is 0 Å². The van der Waals surface area contributed by atoms with Crippen molar-refractivity contribution < 1.29 is 4.42 Å². The molecule has 0 aliphatic rings. The molecule has 0 amide bonds. The molecule has 0 spiro atoms. The van der Waals surface area contributed by atoms with Crippen LogP contribution in [0.4, 0.5) is 34.1 Å². The normalized spacial score (nSPS) is 11.3. The quantitative estimate of drug-likeness (QED) is 0.157. The summed E-state index contributed by atoms with van der Waals surface area (Å²) in [5, 5.41) is 4.56. The van der Waals surface area contributed by atoms with E-state index >= 15 is 0 Å². The minimum absolute atomic E-state index is 0.873. The monoisotopic (exact) mass is 704 g/mol. The number of anilines is 6. The summed E-state index contributed by atoms with van der Waals surface area (Å²) in [6, 6.07) is 77.5. The Hall–Kier alpha value is -7.36. The fourth-order valence-electron chi connectivity index (χ4n) is 7.91. The fraction of sp³-hybridized carbons (Fsp3) is 0. The Morgan fingerprint density at radius 2 is 0.764 bits per heavy atom. The van der Waals surface area contributed by atoms with E-state index in [1.165, 1.54) is 27.5 Å². The minimum atomic E-state index is 0.873. The molecule has 260 valence electrons. The van der Waals surface area contributed by atoms with E-state index in [0.29, 0.717) is 0 Å². The smallest absolute Gasteiger partial charge is 0.137 e. The molecule has 0 fully saturated rings. The molecule has 0 unspecified atom stereocenters. The number of fused-ring (bicyclic) bond motifs is 4. The molecule has 3 heteroatoms. The van der Waals surface area contributed by atoms with E-state index in [4.69, 9.17) is 4.42 Å². The van der Waals surface area contributed by atoms with Crippen molar-refractivity contribution in [3.63, 3.8) is 0 Å². The fourth-order valence-corrected chi connectivity index (χ4v) is 7.91. The predicted molar refractivity (Wildman–Crippen MR) is 231 cm³/mol. The molecule has 3 nitrogen and oxygen atoms in total. The Balaban J connectivity index is 1.07. The summed E-state index contributed by atoms with van der Waals surface area (Å²) in [4.78, 5) is 4.69. The van der Waals surface area contributed by atoms with Gasteiger partial charge in [-0.05, 0) is 100 Å². The first-order valence-electron chi connectivity index (χ1n) is 18.7. The van der Waals surface area contributed by atoms with Crippen molar-refractivity contribution in [2.24, 2.45) is 0 Å². The zero-order valence-electron chi connectivity index (χ0n) is 30.1. The van der Waals surface area contributed by atoms with Crippen molar-refractivity contribution in [2.45, 2.75) is 0 Å². The number of rotatable bonds is 8. The van der Waals surface area contributed by atoms with Gasteiger partial charge in [-0.15, -0.1) is 0 Å². The van der Waals surface area contributed by atoms with E-state index in [0.717, 1.165) is 61.6 Å². The van der Waals surface area contributed by atoms with Gasteiger partial charge < -0.3 is 14.2 Å². The van der Waals surface area contributed by atoms with Gasteiger partial charge in [0.15, 0.2) is 0 Å². The van der Waals surface area contributed by atoms with Crippen molar-refractivity contribution in [3.8, 4) is 22.3 Å². The lowest BCUT2D eigenvalue weighted by Gasteiger charge is -2.28. The minimum Gasteiger partial charge on any atom is -0.456 e. The van der Waals surface area contributed by atoms with Gasteiger partial charge in [0.1, 0.15) is 11.2 Å². The number of hydrogen-bond donors (Lipinski definition) is 0. The maximum atomic E-state index is 6.36. The molecular formula is C52H36N2O. The highest BCUT2D eigenvalue weighted by Gasteiger charge is 2.22. The van der Waals surface area contributed by atoms with E-state index < -0.39 is 0 Å². The lowest BCUT2D eigenvalue weighted by Crippen LogP contribution is -2.11. The maximum absolute atomic E-state index is 6.36. The molecule has 0 radical (unpaired) electrons. The first kappa shape index (κ1) is 32.3. The average Bonchev–Trinajstić information content (AvgIpc) is 3.65. The van der Waals surface area contributed by atoms with Gasteiger partial charge in [0.2, 0.25) is 0 Å². The van der Waals surface area contributed by atoms with Crippen LogP contribution in [0.15, 0.2) is 223 Å². The third kappa shape index (κ3) is 5.89. The zero-order valence-corrected chi connectivity index (χ0v) is 30.1. The van der Waals surface area contributed by atoms with E-state index in [1.54, 1.807) is 0 Å². The van der Waals surface area contributed by atoms with E-state index in [-0.39, 0.29) is 0 Å². The van der Waals surface area contributed by atoms with Crippen molar-refractivity contribution in [1.29, 1.82) is 0 Å². The molecule has 0 saturated heterocycles. The van der Waals surface area contributed by atoms with Gasteiger partial charge in [-0.1, -0.05) is 146 Å². The molecule has 0 saturated carbocycles. The maximum Gasteiger partial charge on any atom is 0.137 e. The van der Waals surface area contributed by atoms with Gasteiger partial charge >= 0.3 is 0 Å². The van der Waals surface area contributed by atoms with Crippen LogP contribution in [-0.2, 0) is 0 Å². The number of para-hydroxylation sites is 3. The molecule has 10 rings (SSSR count). The first-order valence-corrected chi connectivity index (χ1v) is 18.7. The summed E-state index contributed by atoms with van der Waals surface area (Å²) in [6.07, 6.45) is 0. The van der Waals surface area contributed by atoms with Crippen LogP contribution in [0.3, 0.4) is 0 Å². The van der Waals surface area contributed by atoms with Gasteiger partial charge in [-0.3, -0.25) is 0 Å². The highest BCUT2D eigenvalue weighted by Crippen LogP contribution is 2.46. The SMILES string of the molecule is c1ccc(-c2ccc(N(c3ccccc3)c3ccc(-c4ccc(N(c5ccccc5)c5cccc6oc7ccccc7c56)c5ccccc45)cc3)cc2)cc1. The van der Waals surface area contributed by atoms with E-state index in [1.807, 2.05) is 12.1 Å².